The van der Waals surface area contributed by atoms with Gasteiger partial charge in [0, 0.05) is 6.54 Å². The van der Waals surface area contributed by atoms with E-state index in [0.29, 0.717) is 13.0 Å². The van der Waals surface area contributed by atoms with Gasteiger partial charge in [0.25, 0.3) is 0 Å². The molecule has 1 amide bonds. The van der Waals surface area contributed by atoms with Crippen molar-refractivity contribution in [2.75, 3.05) is 6.54 Å². The molecule has 0 aromatic carbocycles. The van der Waals surface area contributed by atoms with E-state index >= 15 is 0 Å². The molecule has 1 atom stereocenters. The molecule has 1 saturated heterocycles. The fourth-order valence-corrected chi connectivity index (χ4v) is 2.44. The Morgan fingerprint density at radius 1 is 0.957 bits per heavy atom. The summed E-state index contributed by atoms with van der Waals surface area (Å²) in [6.07, 6.45) is 1.42. The first-order chi connectivity index (χ1) is 10.4. The molecule has 0 saturated carbocycles. The van der Waals surface area contributed by atoms with Gasteiger partial charge in [-0.15, -0.1) is 0 Å². The molecule has 1 heterocycles. The lowest BCUT2D eigenvalue weighted by Gasteiger charge is -2.35. The molecule has 23 heavy (non-hydrogen) atoms. The number of ether oxygens (including phenoxy) is 2. The number of rotatable bonds is 3. The molecule has 1 unspecified atom stereocenters. The van der Waals surface area contributed by atoms with Crippen LogP contribution in [0.25, 0.3) is 0 Å². The van der Waals surface area contributed by atoms with Gasteiger partial charge in [0.2, 0.25) is 0 Å². The Balaban J connectivity index is 2.72. The summed E-state index contributed by atoms with van der Waals surface area (Å²) in [6, 6.07) is -0.605. The smallest absolute Gasteiger partial charge is 0.410 e. The average Bonchev–Trinajstić information content (AvgIpc) is 2.34. The number of esters is 1. The van der Waals surface area contributed by atoms with E-state index in [1.165, 1.54) is 4.90 Å². The maximum absolute atomic E-state index is 12.4. The zero-order valence-electron chi connectivity index (χ0n) is 15.1. The minimum Gasteiger partial charge on any atom is -0.460 e. The third-order valence-electron chi connectivity index (χ3n) is 3.24. The second-order valence-electron chi connectivity index (χ2n) is 7.91. The number of carbonyl (C=O) groups excluding carboxylic acids is 3. The molecule has 132 valence electrons. The van der Waals surface area contributed by atoms with Crippen molar-refractivity contribution in [1.29, 1.82) is 0 Å². The van der Waals surface area contributed by atoms with Crippen molar-refractivity contribution in [3.63, 3.8) is 0 Å². The molecule has 1 aliphatic heterocycles. The highest BCUT2D eigenvalue weighted by molar-refractivity contribution is 5.99. The van der Waals surface area contributed by atoms with Crippen LogP contribution in [0.3, 0.4) is 0 Å². The fourth-order valence-electron chi connectivity index (χ4n) is 2.44. The van der Waals surface area contributed by atoms with Crippen LogP contribution in [-0.4, -0.2) is 46.5 Å². The van der Waals surface area contributed by atoms with Crippen LogP contribution in [0.4, 0.5) is 4.79 Å². The molecule has 6 nitrogen and oxygen atoms in total. The molecule has 0 aliphatic carbocycles. The number of likely N-dealkylation sites (tertiary alicyclic amines) is 1. The van der Waals surface area contributed by atoms with E-state index in [0.717, 1.165) is 12.8 Å². The van der Waals surface area contributed by atoms with E-state index in [4.69, 9.17) is 9.47 Å². The first-order valence-corrected chi connectivity index (χ1v) is 8.13. The van der Waals surface area contributed by atoms with Crippen LogP contribution in [0, 0.1) is 0 Å². The summed E-state index contributed by atoms with van der Waals surface area (Å²) in [5.41, 5.74) is -1.25. The van der Waals surface area contributed by atoms with E-state index < -0.39 is 29.3 Å². The Morgan fingerprint density at radius 2 is 1.52 bits per heavy atom. The molecule has 0 aromatic heterocycles. The normalized spacial score (nSPS) is 19.2. The van der Waals surface area contributed by atoms with E-state index in [-0.39, 0.29) is 12.2 Å². The van der Waals surface area contributed by atoms with Gasteiger partial charge in [-0.1, -0.05) is 0 Å². The van der Waals surface area contributed by atoms with Gasteiger partial charge in [-0.3, -0.25) is 14.5 Å². The predicted molar refractivity (Wildman–Crippen MR) is 86.0 cm³/mol. The van der Waals surface area contributed by atoms with Crippen LogP contribution >= 0.6 is 0 Å². The highest BCUT2D eigenvalue weighted by Gasteiger charge is 2.35. The Bertz CT molecular complexity index is 459. The van der Waals surface area contributed by atoms with Gasteiger partial charge in [-0.25, -0.2) is 4.79 Å². The Hall–Kier alpha value is -1.59. The fraction of sp³-hybridized carbons (Fsp3) is 0.824. The zero-order chi connectivity index (χ0) is 17.8. The average molecular weight is 327 g/mol. The van der Waals surface area contributed by atoms with Crippen LogP contribution in [0.1, 0.15) is 67.2 Å². The summed E-state index contributed by atoms with van der Waals surface area (Å²) in [5, 5.41) is 0. The van der Waals surface area contributed by atoms with Crippen molar-refractivity contribution in [3.8, 4) is 0 Å². The standard InChI is InChI=1S/C17H29NO5/c1-16(2,3)22-14(20)11-13(19)12-9-7-8-10-18(12)15(21)23-17(4,5)6/h12H,7-11H2,1-6H3. The molecule has 0 N–H and O–H groups in total. The van der Waals surface area contributed by atoms with Gasteiger partial charge in [0.05, 0.1) is 6.04 Å². The van der Waals surface area contributed by atoms with Crippen LogP contribution in [0.15, 0.2) is 0 Å². The minimum atomic E-state index is -0.630. The Morgan fingerprint density at radius 3 is 2.04 bits per heavy atom. The molecule has 0 bridgehead atoms. The molecule has 0 aromatic rings. The highest BCUT2D eigenvalue weighted by atomic mass is 16.6. The van der Waals surface area contributed by atoms with Crippen molar-refractivity contribution in [2.45, 2.75) is 84.5 Å². The number of nitrogens with zero attached hydrogens (tertiary/aromatic N) is 1. The van der Waals surface area contributed by atoms with Gasteiger partial charge in [-0.05, 0) is 60.8 Å². The summed E-state index contributed by atoms with van der Waals surface area (Å²) in [7, 11) is 0. The van der Waals surface area contributed by atoms with Crippen molar-refractivity contribution in [1.82, 2.24) is 4.90 Å². The Labute approximate surface area is 138 Å². The van der Waals surface area contributed by atoms with Crippen LogP contribution < -0.4 is 0 Å². The largest absolute Gasteiger partial charge is 0.460 e. The second kappa shape index (κ2) is 7.32. The molecule has 0 spiro atoms. The van der Waals surface area contributed by atoms with E-state index in [1.807, 2.05) is 0 Å². The van der Waals surface area contributed by atoms with Gasteiger partial charge in [-0.2, -0.15) is 0 Å². The number of hydrogen-bond acceptors (Lipinski definition) is 5. The number of carbonyl (C=O) groups is 3. The zero-order valence-corrected chi connectivity index (χ0v) is 15.1. The summed E-state index contributed by atoms with van der Waals surface area (Å²) in [5.74, 6) is -0.845. The monoisotopic (exact) mass is 327 g/mol. The van der Waals surface area contributed by atoms with Crippen LogP contribution in [-0.2, 0) is 19.1 Å². The molecular weight excluding hydrogens is 298 g/mol. The molecule has 1 rings (SSSR count). The second-order valence-corrected chi connectivity index (χ2v) is 7.91. The van der Waals surface area contributed by atoms with Gasteiger partial charge in [0.15, 0.2) is 5.78 Å². The summed E-state index contributed by atoms with van der Waals surface area (Å²) in [6.45, 7) is 11.1. The molecule has 1 aliphatic rings. The molecular formula is C17H29NO5. The maximum Gasteiger partial charge on any atom is 0.410 e. The first-order valence-electron chi connectivity index (χ1n) is 8.13. The lowest BCUT2D eigenvalue weighted by atomic mass is 9.97. The van der Waals surface area contributed by atoms with Crippen molar-refractivity contribution >= 4 is 17.8 Å². The van der Waals surface area contributed by atoms with Gasteiger partial charge < -0.3 is 9.47 Å². The van der Waals surface area contributed by atoms with Crippen LogP contribution in [0.5, 0.6) is 0 Å². The number of Topliss-reactive ketones (excluding diaryl/α,β-unsaturated/α-hetero) is 1. The third-order valence-corrected chi connectivity index (χ3v) is 3.24. The van der Waals surface area contributed by atoms with Crippen molar-refractivity contribution in [2.24, 2.45) is 0 Å². The van der Waals surface area contributed by atoms with E-state index in [9.17, 15) is 14.4 Å². The van der Waals surface area contributed by atoms with Gasteiger partial charge >= 0.3 is 12.1 Å². The number of amides is 1. The first kappa shape index (κ1) is 19.5. The molecule has 6 heteroatoms. The molecule has 0 radical (unpaired) electrons. The van der Waals surface area contributed by atoms with Crippen molar-refractivity contribution < 1.29 is 23.9 Å². The number of piperidine rings is 1. The minimum absolute atomic E-state index is 0.287. The van der Waals surface area contributed by atoms with Crippen LogP contribution in [0.2, 0.25) is 0 Å². The lowest BCUT2D eigenvalue weighted by molar-refractivity contribution is -0.157. The predicted octanol–water partition coefficient (Wildman–Crippen LogP) is 3.08. The summed E-state index contributed by atoms with van der Waals surface area (Å²) in [4.78, 5) is 38.0. The Kier molecular flexibility index (Phi) is 6.19. The SMILES string of the molecule is CC(C)(C)OC(=O)CC(=O)C1CCCCN1C(=O)OC(C)(C)C. The maximum atomic E-state index is 12.4. The number of ketones is 1. The van der Waals surface area contributed by atoms with Crippen molar-refractivity contribution in [3.05, 3.63) is 0 Å². The molecule has 1 fully saturated rings. The van der Waals surface area contributed by atoms with E-state index in [1.54, 1.807) is 41.5 Å². The quantitative estimate of drug-likeness (QED) is 0.588. The van der Waals surface area contributed by atoms with Gasteiger partial charge in [0.1, 0.15) is 17.6 Å². The topological polar surface area (TPSA) is 72.9 Å². The lowest BCUT2D eigenvalue weighted by Crippen LogP contribution is -2.50. The summed E-state index contributed by atoms with van der Waals surface area (Å²) < 4.78 is 10.5. The summed E-state index contributed by atoms with van der Waals surface area (Å²) >= 11 is 0. The highest BCUT2D eigenvalue weighted by Crippen LogP contribution is 2.22. The number of hydrogen-bond donors (Lipinski definition) is 0. The third kappa shape index (κ3) is 7.01. The van der Waals surface area contributed by atoms with E-state index in [2.05, 4.69) is 0 Å².